The van der Waals surface area contributed by atoms with E-state index in [1.807, 2.05) is 12.1 Å². The second kappa shape index (κ2) is 3.47. The number of rotatable bonds is 2. The van der Waals surface area contributed by atoms with Crippen LogP contribution in [0.3, 0.4) is 0 Å². The summed E-state index contributed by atoms with van der Waals surface area (Å²) in [5.41, 5.74) is 0.767. The number of hydrogen-bond donors (Lipinski definition) is 1. The fraction of sp³-hybridized carbons (Fsp3) is 0.333. The predicted molar refractivity (Wildman–Crippen MR) is 50.3 cm³/mol. The molecule has 0 amide bonds. The summed E-state index contributed by atoms with van der Waals surface area (Å²) in [6.07, 6.45) is 0. The van der Waals surface area contributed by atoms with Crippen molar-refractivity contribution in [2.24, 2.45) is 0 Å². The monoisotopic (exact) mass is 198 g/mol. The first-order valence-corrected chi connectivity index (χ1v) is 4.91. The van der Waals surface area contributed by atoms with Crippen molar-refractivity contribution in [3.63, 3.8) is 0 Å². The van der Waals surface area contributed by atoms with Crippen molar-refractivity contribution >= 4 is 11.8 Å². The Hall–Kier alpha value is -0.870. The summed E-state index contributed by atoms with van der Waals surface area (Å²) in [6, 6.07) is 3.73. The maximum atomic E-state index is 9.04. The van der Waals surface area contributed by atoms with E-state index in [1.165, 1.54) is 0 Å². The molecule has 4 heteroatoms. The highest BCUT2D eigenvalue weighted by atomic mass is 32.2. The van der Waals surface area contributed by atoms with Crippen LogP contribution in [0.15, 0.2) is 17.0 Å². The van der Waals surface area contributed by atoms with Crippen LogP contribution in [-0.2, 0) is 6.61 Å². The van der Waals surface area contributed by atoms with Gasteiger partial charge in [-0.05, 0) is 12.1 Å². The molecular weight excluding hydrogens is 188 g/mol. The maximum absolute atomic E-state index is 9.04. The van der Waals surface area contributed by atoms with Gasteiger partial charge in [0.15, 0.2) is 0 Å². The Morgan fingerprint density at radius 3 is 3.15 bits per heavy atom. The summed E-state index contributed by atoms with van der Waals surface area (Å²) < 4.78 is 10.5. The first kappa shape index (κ1) is 8.72. The average Bonchev–Trinajstić information content (AvgIpc) is 2.62. The zero-order chi connectivity index (χ0) is 9.26. The van der Waals surface area contributed by atoms with Gasteiger partial charge >= 0.3 is 0 Å². The van der Waals surface area contributed by atoms with Crippen LogP contribution in [0.25, 0.3) is 0 Å². The van der Waals surface area contributed by atoms with Gasteiger partial charge in [0.25, 0.3) is 0 Å². The molecule has 1 N–H and O–H groups in total. The van der Waals surface area contributed by atoms with Gasteiger partial charge in [-0.3, -0.25) is 0 Å². The second-order valence-electron chi connectivity index (χ2n) is 2.68. The minimum absolute atomic E-state index is 0.0233. The predicted octanol–water partition coefficient (Wildman–Crippen LogP) is 1.63. The number of aliphatic hydroxyl groups is 1. The van der Waals surface area contributed by atoms with E-state index >= 15 is 0 Å². The Morgan fingerprint density at radius 1 is 1.62 bits per heavy atom. The summed E-state index contributed by atoms with van der Waals surface area (Å²) in [4.78, 5) is 1.08. The lowest BCUT2D eigenvalue weighted by molar-refractivity contribution is 0.272. The zero-order valence-electron chi connectivity index (χ0n) is 7.24. The summed E-state index contributed by atoms with van der Waals surface area (Å²) in [6.45, 7) is -0.0233. The Bertz CT molecular complexity index is 294. The fourth-order valence-corrected chi connectivity index (χ4v) is 2.04. The number of thioether (sulfide) groups is 1. The van der Waals surface area contributed by atoms with Crippen LogP contribution >= 0.6 is 11.8 Å². The van der Waals surface area contributed by atoms with Crippen molar-refractivity contribution in [1.82, 2.24) is 0 Å². The minimum Gasteiger partial charge on any atom is -0.496 e. The molecule has 0 aromatic heterocycles. The molecular formula is C9H10O3S. The lowest BCUT2D eigenvalue weighted by Crippen LogP contribution is -1.92. The van der Waals surface area contributed by atoms with Crippen molar-refractivity contribution in [3.8, 4) is 11.5 Å². The van der Waals surface area contributed by atoms with Gasteiger partial charge in [0.1, 0.15) is 17.4 Å². The van der Waals surface area contributed by atoms with Crippen LogP contribution in [0, 0.1) is 0 Å². The molecule has 13 heavy (non-hydrogen) atoms. The van der Waals surface area contributed by atoms with E-state index < -0.39 is 0 Å². The standard InChI is InChI=1S/C9H10O3S/c1-11-7-3-9-8(12-5-13-9)2-6(7)4-10/h2-3,10H,4-5H2,1H3. The average molecular weight is 198 g/mol. The highest BCUT2D eigenvalue weighted by Gasteiger charge is 2.16. The molecule has 0 bridgehead atoms. The minimum atomic E-state index is -0.0233. The van der Waals surface area contributed by atoms with E-state index in [1.54, 1.807) is 18.9 Å². The molecule has 0 saturated carbocycles. The topological polar surface area (TPSA) is 38.7 Å². The van der Waals surface area contributed by atoms with Gasteiger partial charge < -0.3 is 14.6 Å². The summed E-state index contributed by atoms with van der Waals surface area (Å²) in [7, 11) is 1.60. The third-order valence-electron chi connectivity index (χ3n) is 1.95. The van der Waals surface area contributed by atoms with Crippen molar-refractivity contribution in [2.75, 3.05) is 13.0 Å². The Labute approximate surface area is 80.7 Å². The van der Waals surface area contributed by atoms with Crippen LogP contribution in [-0.4, -0.2) is 18.2 Å². The van der Waals surface area contributed by atoms with Crippen molar-refractivity contribution in [1.29, 1.82) is 0 Å². The van der Waals surface area contributed by atoms with Gasteiger partial charge in [0.2, 0.25) is 0 Å². The Balaban J connectivity index is 2.47. The molecule has 70 valence electrons. The molecule has 0 aliphatic carbocycles. The van der Waals surface area contributed by atoms with Crippen molar-refractivity contribution in [3.05, 3.63) is 17.7 Å². The first-order chi connectivity index (χ1) is 6.35. The van der Waals surface area contributed by atoms with Crippen LogP contribution in [0.5, 0.6) is 11.5 Å². The summed E-state index contributed by atoms with van der Waals surface area (Å²) in [5, 5.41) is 9.04. The third-order valence-corrected chi connectivity index (χ3v) is 2.81. The molecule has 1 aliphatic heterocycles. The van der Waals surface area contributed by atoms with Gasteiger partial charge in [-0.25, -0.2) is 0 Å². The normalized spacial score (nSPS) is 13.7. The van der Waals surface area contributed by atoms with E-state index in [2.05, 4.69) is 0 Å². The Kier molecular flexibility index (Phi) is 2.33. The zero-order valence-corrected chi connectivity index (χ0v) is 8.06. The van der Waals surface area contributed by atoms with Crippen molar-refractivity contribution in [2.45, 2.75) is 11.5 Å². The molecule has 0 spiro atoms. The number of methoxy groups -OCH3 is 1. The molecule has 1 aliphatic rings. The molecule has 0 radical (unpaired) electrons. The van der Waals surface area contributed by atoms with E-state index in [-0.39, 0.29) is 6.61 Å². The SMILES string of the molecule is COc1cc2c(cc1CO)OCS2. The smallest absolute Gasteiger partial charge is 0.138 e. The molecule has 0 unspecified atom stereocenters. The fourth-order valence-electron chi connectivity index (χ4n) is 1.28. The van der Waals surface area contributed by atoms with E-state index in [9.17, 15) is 0 Å². The number of benzene rings is 1. The summed E-state index contributed by atoms with van der Waals surface area (Å²) >= 11 is 1.63. The molecule has 3 nitrogen and oxygen atoms in total. The molecule has 0 fully saturated rings. The van der Waals surface area contributed by atoms with Gasteiger partial charge in [-0.1, -0.05) is 11.8 Å². The molecule has 0 atom stereocenters. The van der Waals surface area contributed by atoms with E-state index in [0.717, 1.165) is 22.0 Å². The number of aliphatic hydroxyl groups excluding tert-OH is 1. The van der Waals surface area contributed by atoms with Gasteiger partial charge in [0, 0.05) is 5.56 Å². The largest absolute Gasteiger partial charge is 0.496 e. The quantitative estimate of drug-likeness (QED) is 0.784. The Morgan fingerprint density at radius 2 is 2.46 bits per heavy atom. The van der Waals surface area contributed by atoms with Crippen molar-refractivity contribution < 1.29 is 14.6 Å². The van der Waals surface area contributed by atoms with Gasteiger partial charge in [-0.15, -0.1) is 0 Å². The van der Waals surface area contributed by atoms with Crippen LogP contribution in [0.2, 0.25) is 0 Å². The molecule has 1 aromatic rings. The molecule has 2 rings (SSSR count). The lowest BCUT2D eigenvalue weighted by Gasteiger charge is -2.07. The molecule has 0 saturated heterocycles. The number of ether oxygens (including phenoxy) is 2. The van der Waals surface area contributed by atoms with Crippen LogP contribution in [0.4, 0.5) is 0 Å². The van der Waals surface area contributed by atoms with E-state index in [0.29, 0.717) is 5.94 Å². The number of fused-ring (bicyclic) bond motifs is 1. The number of hydrogen-bond acceptors (Lipinski definition) is 4. The highest BCUT2D eigenvalue weighted by Crippen LogP contribution is 2.40. The van der Waals surface area contributed by atoms with Gasteiger partial charge in [-0.2, -0.15) is 0 Å². The maximum Gasteiger partial charge on any atom is 0.138 e. The first-order valence-electron chi connectivity index (χ1n) is 3.92. The summed E-state index contributed by atoms with van der Waals surface area (Å²) in [5.74, 6) is 2.21. The lowest BCUT2D eigenvalue weighted by atomic mass is 10.2. The van der Waals surface area contributed by atoms with Gasteiger partial charge in [0.05, 0.1) is 18.6 Å². The van der Waals surface area contributed by atoms with Crippen LogP contribution < -0.4 is 9.47 Å². The second-order valence-corrected chi connectivity index (χ2v) is 3.64. The van der Waals surface area contributed by atoms with E-state index in [4.69, 9.17) is 14.6 Å². The van der Waals surface area contributed by atoms with Crippen LogP contribution in [0.1, 0.15) is 5.56 Å². The highest BCUT2D eigenvalue weighted by molar-refractivity contribution is 7.99. The third kappa shape index (κ3) is 1.47. The molecule has 1 heterocycles. The molecule has 1 aromatic carbocycles.